The molecule has 21 heavy (non-hydrogen) atoms. The number of phenolic OH excluding ortho intramolecular Hbond substituents is 1. The van der Waals surface area contributed by atoms with Crippen LogP contribution in [0.2, 0.25) is 5.02 Å². The number of benzene rings is 2. The lowest BCUT2D eigenvalue weighted by molar-refractivity contribution is -0.384. The van der Waals surface area contributed by atoms with Crippen LogP contribution in [0.3, 0.4) is 0 Å². The van der Waals surface area contributed by atoms with Gasteiger partial charge in [-0.25, -0.2) is 4.79 Å². The maximum Gasteiger partial charge on any atom is 0.342 e. The van der Waals surface area contributed by atoms with E-state index in [0.717, 1.165) is 18.2 Å². The fourth-order valence-electron chi connectivity index (χ4n) is 1.61. The molecule has 0 saturated carbocycles. The van der Waals surface area contributed by atoms with Crippen LogP contribution in [-0.4, -0.2) is 16.0 Å². The van der Waals surface area contributed by atoms with E-state index >= 15 is 0 Å². The Balaban J connectivity index is 2.11. The molecule has 0 spiro atoms. The highest BCUT2D eigenvalue weighted by Gasteiger charge is 2.17. The summed E-state index contributed by atoms with van der Waals surface area (Å²) in [5.41, 5.74) is 0.155. The fourth-order valence-corrected chi connectivity index (χ4v) is 1.73. The van der Waals surface area contributed by atoms with E-state index in [0.29, 0.717) is 10.6 Å². The maximum absolute atomic E-state index is 11.8. The summed E-state index contributed by atoms with van der Waals surface area (Å²) in [6.07, 6.45) is 0. The molecule has 0 radical (unpaired) electrons. The molecule has 0 unspecified atom stereocenters. The number of carbonyl (C=O) groups is 1. The third-order valence-electron chi connectivity index (χ3n) is 2.69. The van der Waals surface area contributed by atoms with Crippen molar-refractivity contribution in [1.82, 2.24) is 0 Å². The standard InChI is InChI=1S/C14H10ClNO5/c15-10-3-1-9(2-4-10)8-21-14(18)12-7-11(16(19)20)5-6-13(12)17/h1-7,17H,8H2. The van der Waals surface area contributed by atoms with Gasteiger partial charge >= 0.3 is 5.97 Å². The van der Waals surface area contributed by atoms with Crippen molar-refractivity contribution in [2.24, 2.45) is 0 Å². The molecule has 0 aromatic heterocycles. The van der Waals surface area contributed by atoms with Gasteiger partial charge in [0.25, 0.3) is 5.69 Å². The zero-order valence-corrected chi connectivity index (χ0v) is 11.4. The number of ether oxygens (including phenoxy) is 1. The Morgan fingerprint density at radius 3 is 2.52 bits per heavy atom. The summed E-state index contributed by atoms with van der Waals surface area (Å²) >= 11 is 5.73. The second kappa shape index (κ2) is 6.23. The van der Waals surface area contributed by atoms with E-state index < -0.39 is 10.9 Å². The lowest BCUT2D eigenvalue weighted by Gasteiger charge is -2.06. The highest BCUT2D eigenvalue weighted by molar-refractivity contribution is 6.30. The zero-order valence-electron chi connectivity index (χ0n) is 10.7. The van der Waals surface area contributed by atoms with Crippen LogP contribution in [-0.2, 0) is 11.3 Å². The number of aromatic hydroxyl groups is 1. The first kappa shape index (κ1) is 14.8. The summed E-state index contributed by atoms with van der Waals surface area (Å²) < 4.78 is 5.00. The quantitative estimate of drug-likeness (QED) is 0.531. The molecule has 0 saturated heterocycles. The van der Waals surface area contributed by atoms with Crippen LogP contribution in [0.5, 0.6) is 5.75 Å². The molecule has 0 aliphatic heterocycles. The Hall–Kier alpha value is -2.60. The number of rotatable bonds is 4. The topological polar surface area (TPSA) is 89.7 Å². The molecule has 0 aliphatic rings. The summed E-state index contributed by atoms with van der Waals surface area (Å²) in [6.45, 7) is -0.0296. The van der Waals surface area contributed by atoms with E-state index in [4.69, 9.17) is 16.3 Å². The average molecular weight is 308 g/mol. The van der Waals surface area contributed by atoms with Gasteiger partial charge in [-0.2, -0.15) is 0 Å². The lowest BCUT2D eigenvalue weighted by Crippen LogP contribution is -2.06. The van der Waals surface area contributed by atoms with Crippen molar-refractivity contribution in [3.05, 3.63) is 68.7 Å². The largest absolute Gasteiger partial charge is 0.507 e. The zero-order chi connectivity index (χ0) is 15.4. The Morgan fingerprint density at radius 1 is 1.24 bits per heavy atom. The van der Waals surface area contributed by atoms with Crippen LogP contribution in [0.25, 0.3) is 0 Å². The van der Waals surface area contributed by atoms with Crippen LogP contribution in [0.4, 0.5) is 5.69 Å². The average Bonchev–Trinajstić information content (AvgIpc) is 2.46. The number of carbonyl (C=O) groups excluding carboxylic acids is 1. The van der Waals surface area contributed by atoms with Gasteiger partial charge in [-0.05, 0) is 23.8 Å². The molecule has 108 valence electrons. The van der Waals surface area contributed by atoms with Crippen LogP contribution in [0, 0.1) is 10.1 Å². The van der Waals surface area contributed by atoms with E-state index in [2.05, 4.69) is 0 Å². The Kier molecular flexibility index (Phi) is 4.39. The number of non-ortho nitro benzene ring substituents is 1. The summed E-state index contributed by atoms with van der Waals surface area (Å²) in [5.74, 6) is -1.21. The van der Waals surface area contributed by atoms with Crippen LogP contribution in [0.1, 0.15) is 15.9 Å². The highest BCUT2D eigenvalue weighted by Crippen LogP contribution is 2.24. The molecule has 0 aliphatic carbocycles. The van der Waals surface area contributed by atoms with Gasteiger partial charge in [0.1, 0.15) is 17.9 Å². The smallest absolute Gasteiger partial charge is 0.342 e. The third kappa shape index (κ3) is 3.70. The highest BCUT2D eigenvalue weighted by atomic mass is 35.5. The molecular formula is C14H10ClNO5. The molecule has 0 atom stereocenters. The van der Waals surface area contributed by atoms with Gasteiger partial charge in [0.2, 0.25) is 0 Å². The monoisotopic (exact) mass is 307 g/mol. The van der Waals surface area contributed by atoms with Crippen molar-refractivity contribution >= 4 is 23.3 Å². The van der Waals surface area contributed by atoms with Gasteiger partial charge in [0.15, 0.2) is 0 Å². The number of nitro groups is 1. The van der Waals surface area contributed by atoms with E-state index in [-0.39, 0.29) is 23.6 Å². The van der Waals surface area contributed by atoms with Gasteiger partial charge in [0, 0.05) is 17.2 Å². The minimum absolute atomic E-state index is 0.0296. The van der Waals surface area contributed by atoms with Gasteiger partial charge in [-0.1, -0.05) is 23.7 Å². The van der Waals surface area contributed by atoms with Gasteiger partial charge in [-0.3, -0.25) is 10.1 Å². The lowest BCUT2D eigenvalue weighted by atomic mass is 10.2. The maximum atomic E-state index is 11.8. The molecule has 1 N–H and O–H groups in total. The van der Waals surface area contributed by atoms with Crippen LogP contribution in [0.15, 0.2) is 42.5 Å². The molecular weight excluding hydrogens is 298 g/mol. The van der Waals surface area contributed by atoms with Crippen molar-refractivity contribution in [3.63, 3.8) is 0 Å². The molecule has 7 heteroatoms. The van der Waals surface area contributed by atoms with Crippen molar-refractivity contribution in [1.29, 1.82) is 0 Å². The normalized spacial score (nSPS) is 10.1. The number of halogens is 1. The molecule has 0 fully saturated rings. The minimum Gasteiger partial charge on any atom is -0.507 e. The van der Waals surface area contributed by atoms with Crippen molar-refractivity contribution in [2.75, 3.05) is 0 Å². The molecule has 0 amide bonds. The summed E-state index contributed by atoms with van der Waals surface area (Å²) in [5, 5.41) is 20.8. The Morgan fingerprint density at radius 2 is 1.90 bits per heavy atom. The van der Waals surface area contributed by atoms with Crippen LogP contribution >= 0.6 is 11.6 Å². The number of phenols is 1. The van der Waals surface area contributed by atoms with Crippen molar-refractivity contribution in [2.45, 2.75) is 6.61 Å². The Labute approximate surface area is 124 Å². The van der Waals surface area contributed by atoms with Gasteiger partial charge in [-0.15, -0.1) is 0 Å². The second-order valence-corrected chi connectivity index (χ2v) is 4.60. The number of hydrogen-bond acceptors (Lipinski definition) is 5. The summed E-state index contributed by atoms with van der Waals surface area (Å²) in [4.78, 5) is 21.8. The number of nitrogens with zero attached hydrogens (tertiary/aromatic N) is 1. The first-order valence-corrected chi connectivity index (χ1v) is 6.24. The Bertz CT molecular complexity index is 684. The van der Waals surface area contributed by atoms with Gasteiger partial charge < -0.3 is 9.84 Å². The first-order chi connectivity index (χ1) is 9.97. The van der Waals surface area contributed by atoms with Gasteiger partial charge in [0.05, 0.1) is 4.92 Å². The molecule has 6 nitrogen and oxygen atoms in total. The molecule has 2 aromatic carbocycles. The van der Waals surface area contributed by atoms with E-state index in [1.54, 1.807) is 24.3 Å². The number of nitro benzene ring substituents is 1. The summed E-state index contributed by atoms with van der Waals surface area (Å²) in [7, 11) is 0. The van der Waals surface area contributed by atoms with E-state index in [1.807, 2.05) is 0 Å². The first-order valence-electron chi connectivity index (χ1n) is 5.86. The van der Waals surface area contributed by atoms with Crippen LogP contribution < -0.4 is 0 Å². The summed E-state index contributed by atoms with van der Waals surface area (Å²) in [6, 6.07) is 9.82. The molecule has 0 bridgehead atoms. The predicted octanol–water partition coefficient (Wildman–Crippen LogP) is 3.31. The molecule has 2 aromatic rings. The SMILES string of the molecule is O=C(OCc1ccc(Cl)cc1)c1cc([N+](=O)[O-])ccc1O. The van der Waals surface area contributed by atoms with Crippen molar-refractivity contribution < 1.29 is 19.6 Å². The third-order valence-corrected chi connectivity index (χ3v) is 2.95. The fraction of sp³-hybridized carbons (Fsp3) is 0.0714. The molecule has 0 heterocycles. The minimum atomic E-state index is -0.842. The van der Waals surface area contributed by atoms with E-state index in [9.17, 15) is 20.0 Å². The molecule has 2 rings (SSSR count). The van der Waals surface area contributed by atoms with E-state index in [1.165, 1.54) is 0 Å². The number of esters is 1. The number of hydrogen-bond donors (Lipinski definition) is 1. The second-order valence-electron chi connectivity index (χ2n) is 4.16. The predicted molar refractivity (Wildman–Crippen MR) is 75.3 cm³/mol. The van der Waals surface area contributed by atoms with Crippen molar-refractivity contribution in [3.8, 4) is 5.75 Å².